The van der Waals surface area contributed by atoms with Crippen LogP contribution in [0.5, 0.6) is 0 Å². The predicted octanol–water partition coefficient (Wildman–Crippen LogP) is -0.213. The number of hydrogen-bond acceptors (Lipinski definition) is 6. The van der Waals surface area contributed by atoms with Crippen LogP contribution >= 0.6 is 0 Å². The molecule has 2 heterocycles. The maximum Gasteiger partial charge on any atom is 0.190 e. The third-order valence-corrected chi connectivity index (χ3v) is 3.43. The highest BCUT2D eigenvalue weighted by molar-refractivity contribution is 5.11. The Bertz CT molecular complexity index is 331. The molecule has 5 atom stereocenters. The third kappa shape index (κ3) is 1.89. The van der Waals surface area contributed by atoms with Crippen molar-refractivity contribution in [1.82, 2.24) is 0 Å². The van der Waals surface area contributed by atoms with Crippen molar-refractivity contribution in [3.8, 4) is 0 Å². The van der Waals surface area contributed by atoms with E-state index in [9.17, 15) is 10.2 Å². The second-order valence-corrected chi connectivity index (χ2v) is 5.04. The minimum atomic E-state index is -1.30. The van der Waals surface area contributed by atoms with E-state index in [2.05, 4.69) is 6.58 Å². The van der Waals surface area contributed by atoms with E-state index in [4.69, 9.17) is 18.9 Å². The van der Waals surface area contributed by atoms with Crippen LogP contribution in [0.1, 0.15) is 13.8 Å². The SMILES string of the molecule is C=C[C@H](O)[C@@]1(CO)O[C@@H]2OC(C)(C)O[C@@H]2[C@@H]1OC. The molecule has 0 amide bonds. The molecule has 6 nitrogen and oxygen atoms in total. The van der Waals surface area contributed by atoms with Gasteiger partial charge in [0.25, 0.3) is 0 Å². The summed E-state index contributed by atoms with van der Waals surface area (Å²) >= 11 is 0. The van der Waals surface area contributed by atoms with Gasteiger partial charge in [-0.3, -0.25) is 0 Å². The van der Waals surface area contributed by atoms with E-state index in [0.717, 1.165) is 0 Å². The van der Waals surface area contributed by atoms with Gasteiger partial charge in [0, 0.05) is 7.11 Å². The summed E-state index contributed by atoms with van der Waals surface area (Å²) in [7, 11) is 1.48. The zero-order chi connectivity index (χ0) is 13.6. The van der Waals surface area contributed by atoms with E-state index in [-0.39, 0.29) is 0 Å². The molecule has 0 aromatic carbocycles. The van der Waals surface area contributed by atoms with Gasteiger partial charge in [0.1, 0.15) is 18.3 Å². The average molecular weight is 260 g/mol. The van der Waals surface area contributed by atoms with Crippen LogP contribution in [0, 0.1) is 0 Å². The molecule has 0 radical (unpaired) electrons. The van der Waals surface area contributed by atoms with Crippen molar-refractivity contribution in [1.29, 1.82) is 0 Å². The molecule has 6 heteroatoms. The lowest BCUT2D eigenvalue weighted by Crippen LogP contribution is -2.56. The van der Waals surface area contributed by atoms with E-state index in [0.29, 0.717) is 0 Å². The Balaban J connectivity index is 2.29. The van der Waals surface area contributed by atoms with Gasteiger partial charge in [0.05, 0.1) is 6.61 Å². The molecule has 2 saturated heterocycles. The van der Waals surface area contributed by atoms with Gasteiger partial charge in [-0.25, -0.2) is 0 Å². The molecule has 104 valence electrons. The molecule has 18 heavy (non-hydrogen) atoms. The Labute approximate surface area is 106 Å². The van der Waals surface area contributed by atoms with Crippen molar-refractivity contribution in [2.45, 2.75) is 49.8 Å². The molecule has 0 aromatic rings. The average Bonchev–Trinajstić information content (AvgIpc) is 2.76. The normalized spacial score (nSPS) is 43.7. The number of rotatable bonds is 4. The highest BCUT2D eigenvalue weighted by Gasteiger charge is 2.64. The van der Waals surface area contributed by atoms with Crippen molar-refractivity contribution >= 4 is 0 Å². The molecule has 0 saturated carbocycles. The maximum absolute atomic E-state index is 10.0. The van der Waals surface area contributed by atoms with E-state index >= 15 is 0 Å². The number of aliphatic hydroxyl groups excluding tert-OH is 2. The summed E-state index contributed by atoms with van der Waals surface area (Å²) in [5.74, 6) is -0.771. The first-order valence-electron chi connectivity index (χ1n) is 5.88. The Morgan fingerprint density at radius 2 is 2.06 bits per heavy atom. The second-order valence-electron chi connectivity index (χ2n) is 5.04. The van der Waals surface area contributed by atoms with Gasteiger partial charge in [-0.2, -0.15) is 0 Å². The maximum atomic E-state index is 10.0. The standard InChI is InChI=1S/C12H20O6/c1-5-7(14)12(6-13)9(15-4)8-10(18-12)17-11(2,3)16-8/h5,7-10,13-14H,1,6H2,2-4H3/t7-,8+,9-,10-,12+/m0/s1. The molecule has 2 rings (SSSR count). The van der Waals surface area contributed by atoms with Gasteiger partial charge in [-0.05, 0) is 13.8 Å². The van der Waals surface area contributed by atoms with Crippen molar-refractivity contribution in [2.75, 3.05) is 13.7 Å². The van der Waals surface area contributed by atoms with Crippen LogP contribution in [0.25, 0.3) is 0 Å². The van der Waals surface area contributed by atoms with Crippen molar-refractivity contribution in [3.63, 3.8) is 0 Å². The van der Waals surface area contributed by atoms with Crippen LogP contribution in [-0.4, -0.2) is 59.9 Å². The van der Waals surface area contributed by atoms with Gasteiger partial charge in [-0.15, -0.1) is 6.58 Å². The summed E-state index contributed by atoms with van der Waals surface area (Å²) in [6, 6.07) is 0. The first kappa shape index (κ1) is 13.9. The molecule has 0 aliphatic carbocycles. The van der Waals surface area contributed by atoms with Gasteiger partial charge in [-0.1, -0.05) is 6.08 Å². The fourth-order valence-corrected chi connectivity index (χ4v) is 2.61. The van der Waals surface area contributed by atoms with Crippen LogP contribution in [-0.2, 0) is 18.9 Å². The minimum absolute atomic E-state index is 0.418. The van der Waals surface area contributed by atoms with Crippen molar-refractivity contribution in [2.24, 2.45) is 0 Å². The summed E-state index contributed by atoms with van der Waals surface area (Å²) in [5, 5.41) is 19.6. The van der Waals surface area contributed by atoms with Crippen LogP contribution in [0.3, 0.4) is 0 Å². The van der Waals surface area contributed by atoms with Gasteiger partial charge < -0.3 is 29.2 Å². The highest BCUT2D eigenvalue weighted by atomic mass is 16.8. The third-order valence-electron chi connectivity index (χ3n) is 3.43. The van der Waals surface area contributed by atoms with E-state index in [1.165, 1.54) is 13.2 Å². The predicted molar refractivity (Wildman–Crippen MR) is 61.7 cm³/mol. The van der Waals surface area contributed by atoms with Crippen molar-refractivity contribution in [3.05, 3.63) is 12.7 Å². The number of fused-ring (bicyclic) bond motifs is 1. The molecule has 2 aliphatic heterocycles. The van der Waals surface area contributed by atoms with Crippen molar-refractivity contribution < 1.29 is 29.2 Å². The molecule has 0 bridgehead atoms. The quantitative estimate of drug-likeness (QED) is 0.681. The Morgan fingerprint density at radius 3 is 2.56 bits per heavy atom. The second kappa shape index (κ2) is 4.56. The molecule has 0 spiro atoms. The first-order valence-corrected chi connectivity index (χ1v) is 5.88. The molecular weight excluding hydrogens is 240 g/mol. The number of hydrogen-bond donors (Lipinski definition) is 2. The fraction of sp³-hybridized carbons (Fsp3) is 0.833. The monoisotopic (exact) mass is 260 g/mol. The summed E-state index contributed by atoms with van der Waals surface area (Å²) < 4.78 is 22.3. The minimum Gasteiger partial charge on any atom is -0.393 e. The first-order chi connectivity index (χ1) is 8.40. The highest BCUT2D eigenvalue weighted by Crippen LogP contribution is 2.44. The zero-order valence-corrected chi connectivity index (χ0v) is 10.8. The Kier molecular flexibility index (Phi) is 3.52. The molecule has 2 aliphatic rings. The fourth-order valence-electron chi connectivity index (χ4n) is 2.61. The lowest BCUT2D eigenvalue weighted by molar-refractivity contribution is -0.263. The number of ether oxygens (including phenoxy) is 4. The van der Waals surface area contributed by atoms with E-state index in [1.54, 1.807) is 13.8 Å². The Morgan fingerprint density at radius 1 is 1.39 bits per heavy atom. The van der Waals surface area contributed by atoms with Crippen LogP contribution in [0.15, 0.2) is 12.7 Å². The van der Waals surface area contributed by atoms with Crippen LogP contribution in [0.4, 0.5) is 0 Å². The van der Waals surface area contributed by atoms with Crippen LogP contribution < -0.4 is 0 Å². The molecule has 2 fully saturated rings. The van der Waals surface area contributed by atoms with Crippen LogP contribution in [0.2, 0.25) is 0 Å². The number of methoxy groups -OCH3 is 1. The zero-order valence-electron chi connectivity index (χ0n) is 10.8. The number of aliphatic hydroxyl groups is 2. The lowest BCUT2D eigenvalue weighted by Gasteiger charge is -2.36. The largest absolute Gasteiger partial charge is 0.393 e. The van der Waals surface area contributed by atoms with Gasteiger partial charge >= 0.3 is 0 Å². The summed E-state index contributed by atoms with van der Waals surface area (Å²) in [5.41, 5.74) is -1.30. The lowest BCUT2D eigenvalue weighted by atomic mass is 9.90. The molecule has 2 N–H and O–H groups in total. The molecular formula is C12H20O6. The summed E-state index contributed by atoms with van der Waals surface area (Å²) in [4.78, 5) is 0. The Hall–Kier alpha value is -0.500. The van der Waals surface area contributed by atoms with Gasteiger partial charge in [0.2, 0.25) is 0 Å². The smallest absolute Gasteiger partial charge is 0.190 e. The summed E-state index contributed by atoms with van der Waals surface area (Å²) in [6.45, 7) is 6.63. The topological polar surface area (TPSA) is 77.4 Å². The molecule has 0 unspecified atom stereocenters. The molecule has 0 aromatic heterocycles. The van der Waals surface area contributed by atoms with E-state index < -0.39 is 42.6 Å². The van der Waals surface area contributed by atoms with Gasteiger partial charge in [0.15, 0.2) is 17.7 Å². The summed E-state index contributed by atoms with van der Waals surface area (Å²) in [6.07, 6.45) is -1.58. The van der Waals surface area contributed by atoms with E-state index in [1.807, 2.05) is 0 Å².